The summed E-state index contributed by atoms with van der Waals surface area (Å²) in [5.74, 6) is 0.268. The molecular weight excluding hydrogens is 359 g/mol. The smallest absolute Gasteiger partial charge is 0.382 e. The Morgan fingerprint density at radius 1 is 1.50 bits per heavy atom. The van der Waals surface area contributed by atoms with Crippen molar-refractivity contribution >= 4 is 36.3 Å². The first kappa shape index (κ1) is 16.2. The molecule has 0 saturated carbocycles. The van der Waals surface area contributed by atoms with Crippen molar-refractivity contribution in [1.82, 2.24) is 24.6 Å². The van der Waals surface area contributed by atoms with Crippen LogP contribution in [0.3, 0.4) is 0 Å². The fourth-order valence-electron chi connectivity index (χ4n) is 3.02. The number of halogens is 1. The van der Waals surface area contributed by atoms with Gasteiger partial charge < -0.3 is 10.5 Å². The maximum Gasteiger partial charge on any atom is 0.405 e. The van der Waals surface area contributed by atoms with Gasteiger partial charge in [-0.3, -0.25) is 13.6 Å². The molecule has 0 radical (unpaired) electrons. The van der Waals surface area contributed by atoms with Crippen LogP contribution in [0.15, 0.2) is 12.7 Å². The van der Waals surface area contributed by atoms with E-state index in [4.69, 9.17) is 31.1 Å². The lowest BCUT2D eigenvalue weighted by Gasteiger charge is -2.34. The van der Waals surface area contributed by atoms with E-state index in [1.54, 1.807) is 11.5 Å². The van der Waals surface area contributed by atoms with Gasteiger partial charge >= 0.3 is 7.75 Å². The summed E-state index contributed by atoms with van der Waals surface area (Å²) >= 11 is 6.75. The third-order valence-corrected chi connectivity index (χ3v) is 6.20. The van der Waals surface area contributed by atoms with E-state index in [9.17, 15) is 4.57 Å². The Hall–Kier alpha value is -1.29. The molecule has 0 spiro atoms. The summed E-state index contributed by atoms with van der Waals surface area (Å²) in [4.78, 5) is 11.3. The minimum atomic E-state index is -3.39. The van der Waals surface area contributed by atoms with Crippen LogP contribution in [0.4, 0.5) is 5.82 Å². The zero-order valence-corrected chi connectivity index (χ0v) is 14.6. The molecule has 2 aromatic heterocycles. The van der Waals surface area contributed by atoms with Crippen molar-refractivity contribution in [2.45, 2.75) is 30.2 Å². The van der Waals surface area contributed by atoms with Crippen molar-refractivity contribution in [2.24, 2.45) is 0 Å². The second-order valence-corrected chi connectivity index (χ2v) is 8.53. The predicted molar refractivity (Wildman–Crippen MR) is 85.4 cm³/mol. The molecule has 4 heterocycles. The zero-order valence-electron chi connectivity index (χ0n) is 12.9. The second kappa shape index (κ2) is 5.35. The number of fused-ring (bicyclic) bond motifs is 2. The third-order valence-electron chi connectivity index (χ3n) is 4.26. The lowest BCUT2D eigenvalue weighted by atomic mass is 10.0. The number of nitrogens with zero attached hydrogens (tertiary/aromatic N) is 4. The van der Waals surface area contributed by atoms with E-state index in [-0.39, 0.29) is 12.4 Å². The minimum absolute atomic E-state index is 0.103. The van der Waals surface area contributed by atoms with Crippen LogP contribution in [0.25, 0.3) is 11.2 Å². The Labute approximate surface area is 142 Å². The maximum absolute atomic E-state index is 12.4. The lowest BCUT2D eigenvalue weighted by molar-refractivity contribution is -0.0580. The Kier molecular flexibility index (Phi) is 3.61. The molecule has 10 nitrogen and oxygen atoms in total. The topological polar surface area (TPSA) is 126 Å². The van der Waals surface area contributed by atoms with E-state index >= 15 is 0 Å². The summed E-state index contributed by atoms with van der Waals surface area (Å²) in [6.45, 7) is 1.86. The fourth-order valence-corrected chi connectivity index (χ4v) is 4.72. The second-order valence-electron chi connectivity index (χ2n) is 5.80. The quantitative estimate of drug-likeness (QED) is 0.585. The number of anilines is 1. The Bertz CT molecular complexity index is 844. The molecule has 2 aromatic rings. The van der Waals surface area contributed by atoms with Gasteiger partial charge in [0, 0.05) is 0 Å². The summed E-state index contributed by atoms with van der Waals surface area (Å²) in [5.41, 5.74) is 6.77. The molecule has 3 N–H and O–H groups in total. The summed E-state index contributed by atoms with van der Waals surface area (Å²) < 4.78 is 30.9. The van der Waals surface area contributed by atoms with Crippen molar-refractivity contribution in [1.29, 1.82) is 0 Å². The van der Waals surface area contributed by atoms with Crippen molar-refractivity contribution in [3.05, 3.63) is 12.7 Å². The fraction of sp³-hybridized carbons (Fsp3) is 0.583. The highest BCUT2D eigenvalue weighted by Gasteiger charge is 2.59. The first-order valence-electron chi connectivity index (χ1n) is 7.25. The molecule has 12 heteroatoms. The molecule has 0 aliphatic carbocycles. The van der Waals surface area contributed by atoms with Crippen molar-refractivity contribution < 1.29 is 18.3 Å². The van der Waals surface area contributed by atoms with Gasteiger partial charge in [-0.1, -0.05) is 0 Å². The molecule has 2 fully saturated rings. The first-order valence-corrected chi connectivity index (χ1v) is 9.17. The molecule has 4 rings (SSSR count). The Morgan fingerprint density at radius 3 is 3.04 bits per heavy atom. The van der Waals surface area contributed by atoms with Crippen LogP contribution in [0.1, 0.15) is 13.2 Å². The van der Waals surface area contributed by atoms with Crippen LogP contribution in [0, 0.1) is 0 Å². The van der Waals surface area contributed by atoms with Crippen LogP contribution >= 0.6 is 19.3 Å². The zero-order chi connectivity index (χ0) is 17.1. The van der Waals surface area contributed by atoms with Crippen LogP contribution in [-0.4, -0.2) is 50.3 Å². The van der Waals surface area contributed by atoms with Crippen molar-refractivity contribution in [3.63, 3.8) is 0 Å². The molecule has 24 heavy (non-hydrogen) atoms. The van der Waals surface area contributed by atoms with Gasteiger partial charge in [0.1, 0.15) is 28.9 Å². The molecule has 2 saturated heterocycles. The Balaban J connectivity index is 1.74. The van der Waals surface area contributed by atoms with Crippen LogP contribution in [0.5, 0.6) is 0 Å². The average Bonchev–Trinajstić information content (AvgIpc) is 3.08. The highest BCUT2D eigenvalue weighted by Crippen LogP contribution is 2.57. The maximum atomic E-state index is 12.4. The minimum Gasteiger partial charge on any atom is -0.382 e. The van der Waals surface area contributed by atoms with Gasteiger partial charge in [0.15, 0.2) is 17.7 Å². The molecule has 2 aliphatic heterocycles. The summed E-state index contributed by atoms with van der Waals surface area (Å²) in [5, 5.41) is 2.56. The summed E-state index contributed by atoms with van der Waals surface area (Å²) in [6, 6.07) is 0. The van der Waals surface area contributed by atoms with Gasteiger partial charge in [0.05, 0.1) is 12.9 Å². The number of nitrogens with two attached hydrogens (primary N) is 1. The number of nitrogen functional groups attached to an aromatic ring is 1. The molecule has 2 aliphatic rings. The molecule has 1 unspecified atom stereocenters. The van der Waals surface area contributed by atoms with Crippen LogP contribution in [-0.2, 0) is 18.3 Å². The average molecular weight is 375 g/mol. The van der Waals surface area contributed by atoms with Crippen molar-refractivity contribution in [2.75, 3.05) is 19.4 Å². The monoisotopic (exact) mass is 374 g/mol. The standard InChI is InChI=1S/C12H16ClN6O4P/c1-12(13)8-6(3-21-24(20,15-2)23-8)22-11(12)19-5-18-7-9(14)16-4-17-10(7)19/h4-6,8,11H,3H2,1-2H3,(H,15,20)(H2,14,16,17)/t6-,8-,11-,12-,24?/m1/s1. The van der Waals surface area contributed by atoms with Gasteiger partial charge in [0.25, 0.3) is 0 Å². The number of imidazole rings is 1. The molecular formula is C12H16ClN6O4P. The van der Waals surface area contributed by atoms with Crippen molar-refractivity contribution in [3.8, 4) is 0 Å². The molecule has 5 atom stereocenters. The van der Waals surface area contributed by atoms with Gasteiger partial charge in [0.2, 0.25) is 0 Å². The normalized spacial score (nSPS) is 39.2. The van der Waals surface area contributed by atoms with Crippen LogP contribution in [0.2, 0.25) is 0 Å². The summed E-state index contributed by atoms with van der Waals surface area (Å²) in [7, 11) is -1.89. The number of rotatable bonds is 2. The number of ether oxygens (including phenoxy) is 1. The largest absolute Gasteiger partial charge is 0.405 e. The van der Waals surface area contributed by atoms with Gasteiger partial charge in [-0.05, 0) is 14.0 Å². The highest BCUT2D eigenvalue weighted by molar-refractivity contribution is 7.51. The lowest BCUT2D eigenvalue weighted by Crippen LogP contribution is -2.45. The van der Waals surface area contributed by atoms with Gasteiger partial charge in [-0.2, -0.15) is 0 Å². The predicted octanol–water partition coefficient (Wildman–Crippen LogP) is 1.05. The number of hydrogen-bond acceptors (Lipinski definition) is 8. The molecule has 0 amide bonds. The van der Waals surface area contributed by atoms with E-state index in [1.165, 1.54) is 19.7 Å². The van der Waals surface area contributed by atoms with Gasteiger partial charge in [-0.15, -0.1) is 11.6 Å². The Morgan fingerprint density at radius 2 is 2.29 bits per heavy atom. The third kappa shape index (κ3) is 2.26. The SMILES string of the molecule is CNP1(=O)OC[C@H]2O[C@@H](n3cnc4c(N)ncnc43)[C@](C)(Cl)[C@@H]2O1. The summed E-state index contributed by atoms with van der Waals surface area (Å²) in [6.07, 6.45) is 1.13. The van der Waals surface area contributed by atoms with E-state index in [0.29, 0.717) is 11.2 Å². The molecule has 130 valence electrons. The molecule has 0 aromatic carbocycles. The van der Waals surface area contributed by atoms with E-state index < -0.39 is 31.1 Å². The number of hydrogen-bond donors (Lipinski definition) is 2. The number of aromatic nitrogens is 4. The molecule has 0 bridgehead atoms. The van der Waals surface area contributed by atoms with E-state index in [2.05, 4.69) is 20.0 Å². The van der Waals surface area contributed by atoms with Gasteiger partial charge in [-0.25, -0.2) is 24.6 Å². The van der Waals surface area contributed by atoms with Crippen LogP contribution < -0.4 is 10.8 Å². The van der Waals surface area contributed by atoms with E-state index in [0.717, 1.165) is 0 Å². The highest BCUT2D eigenvalue weighted by atomic mass is 35.5. The first-order chi connectivity index (χ1) is 11.4. The number of alkyl halides is 1. The van der Waals surface area contributed by atoms with E-state index in [1.807, 2.05) is 0 Å². The number of nitrogens with one attached hydrogen (secondary N) is 1.